The Labute approximate surface area is 128 Å². The largest absolute Gasteiger partial charge is 0.495 e. The first kappa shape index (κ1) is 15.6. The summed E-state index contributed by atoms with van der Waals surface area (Å²) in [4.78, 5) is 24.5. The summed E-state index contributed by atoms with van der Waals surface area (Å²) in [5.74, 6) is 0.431. The number of hydrogen-bond acceptors (Lipinski definition) is 4. The van der Waals surface area contributed by atoms with E-state index in [0.29, 0.717) is 11.4 Å². The van der Waals surface area contributed by atoms with Crippen LogP contribution in [0, 0.1) is 0 Å². The highest BCUT2D eigenvalue weighted by Crippen LogP contribution is 2.24. The van der Waals surface area contributed by atoms with Crippen molar-refractivity contribution in [1.29, 1.82) is 0 Å². The molecule has 1 aromatic carbocycles. The molecule has 116 valence electrons. The molecular weight excluding hydrogens is 284 g/mol. The molecule has 2 aromatic rings. The van der Waals surface area contributed by atoms with Gasteiger partial charge in [0.15, 0.2) is 5.75 Å². The van der Waals surface area contributed by atoms with Gasteiger partial charge in [-0.15, -0.1) is 0 Å². The normalized spacial score (nSPS) is 11.6. The predicted molar refractivity (Wildman–Crippen MR) is 83.6 cm³/mol. The lowest BCUT2D eigenvalue weighted by molar-refractivity contribution is -0.118. The van der Waals surface area contributed by atoms with Gasteiger partial charge >= 0.3 is 0 Å². The Morgan fingerprint density at radius 1 is 1.09 bits per heavy atom. The Kier molecular flexibility index (Phi) is 4.83. The molecule has 0 aliphatic carbocycles. The van der Waals surface area contributed by atoms with Crippen LogP contribution in [0.4, 0.5) is 5.69 Å². The second-order valence-corrected chi connectivity index (χ2v) is 4.65. The second kappa shape index (κ2) is 6.80. The molecule has 0 aliphatic heterocycles. The smallest absolute Gasteiger partial charge is 0.293 e. The molecule has 6 heteroatoms. The Morgan fingerprint density at radius 2 is 1.73 bits per heavy atom. The van der Waals surface area contributed by atoms with Crippen molar-refractivity contribution in [2.24, 2.45) is 0 Å². The maximum absolute atomic E-state index is 12.4. The monoisotopic (exact) mass is 302 g/mol. The molecule has 1 aromatic heterocycles. The first-order valence-electron chi connectivity index (χ1n) is 6.77. The SMILES string of the molecule is COc1ccccc1NC(=O)C(C)n1cccc(OC)c1=O. The van der Waals surface area contributed by atoms with E-state index in [1.54, 1.807) is 43.5 Å². The number of para-hydroxylation sites is 2. The number of benzene rings is 1. The van der Waals surface area contributed by atoms with E-state index in [1.807, 2.05) is 6.07 Å². The molecule has 1 unspecified atom stereocenters. The molecule has 6 nitrogen and oxygen atoms in total. The number of carbonyl (C=O) groups excluding carboxylic acids is 1. The van der Waals surface area contributed by atoms with Crippen LogP contribution >= 0.6 is 0 Å². The Balaban J connectivity index is 2.25. The van der Waals surface area contributed by atoms with Gasteiger partial charge in [-0.05, 0) is 31.2 Å². The van der Waals surface area contributed by atoms with Gasteiger partial charge in [-0.25, -0.2) is 0 Å². The molecule has 0 aliphatic rings. The van der Waals surface area contributed by atoms with Gasteiger partial charge in [0.2, 0.25) is 5.91 Å². The average Bonchev–Trinajstić information content (AvgIpc) is 2.55. The number of ether oxygens (including phenoxy) is 2. The van der Waals surface area contributed by atoms with Crippen molar-refractivity contribution in [3.63, 3.8) is 0 Å². The van der Waals surface area contributed by atoms with Crippen molar-refractivity contribution in [3.8, 4) is 11.5 Å². The van der Waals surface area contributed by atoms with Crippen molar-refractivity contribution in [3.05, 3.63) is 52.9 Å². The third-order valence-corrected chi connectivity index (χ3v) is 3.32. The fraction of sp³-hybridized carbons (Fsp3) is 0.250. The fourth-order valence-electron chi connectivity index (χ4n) is 2.06. The number of methoxy groups -OCH3 is 2. The number of amides is 1. The van der Waals surface area contributed by atoms with Gasteiger partial charge in [-0.2, -0.15) is 0 Å². The summed E-state index contributed by atoms with van der Waals surface area (Å²) in [7, 11) is 2.95. The van der Waals surface area contributed by atoms with Gasteiger partial charge in [-0.3, -0.25) is 9.59 Å². The molecule has 0 spiro atoms. The summed E-state index contributed by atoms with van der Waals surface area (Å²) >= 11 is 0. The van der Waals surface area contributed by atoms with Crippen LogP contribution in [0.25, 0.3) is 0 Å². The number of carbonyl (C=O) groups is 1. The third kappa shape index (κ3) is 3.11. The van der Waals surface area contributed by atoms with E-state index in [0.717, 1.165) is 0 Å². The van der Waals surface area contributed by atoms with Gasteiger partial charge in [0, 0.05) is 6.20 Å². The lowest BCUT2D eigenvalue weighted by Gasteiger charge is -2.17. The van der Waals surface area contributed by atoms with Gasteiger partial charge in [-0.1, -0.05) is 12.1 Å². The number of anilines is 1. The van der Waals surface area contributed by atoms with E-state index in [2.05, 4.69) is 5.32 Å². The second-order valence-electron chi connectivity index (χ2n) is 4.65. The zero-order chi connectivity index (χ0) is 16.1. The Hall–Kier alpha value is -2.76. The molecule has 0 saturated heterocycles. The van der Waals surface area contributed by atoms with Crippen LogP contribution in [0.5, 0.6) is 11.5 Å². The quantitative estimate of drug-likeness (QED) is 0.918. The van der Waals surface area contributed by atoms with E-state index < -0.39 is 6.04 Å². The summed E-state index contributed by atoms with van der Waals surface area (Å²) in [6.45, 7) is 1.64. The van der Waals surface area contributed by atoms with E-state index in [9.17, 15) is 9.59 Å². The van der Waals surface area contributed by atoms with Crippen LogP contribution in [-0.4, -0.2) is 24.7 Å². The van der Waals surface area contributed by atoms with Crippen molar-refractivity contribution in [2.75, 3.05) is 19.5 Å². The fourth-order valence-corrected chi connectivity index (χ4v) is 2.06. The highest BCUT2D eigenvalue weighted by atomic mass is 16.5. The van der Waals surface area contributed by atoms with Gasteiger partial charge in [0.05, 0.1) is 19.9 Å². The lowest BCUT2D eigenvalue weighted by Crippen LogP contribution is -2.31. The van der Waals surface area contributed by atoms with E-state index in [-0.39, 0.29) is 17.2 Å². The zero-order valence-electron chi connectivity index (χ0n) is 12.7. The van der Waals surface area contributed by atoms with Crippen LogP contribution in [0.2, 0.25) is 0 Å². The molecule has 22 heavy (non-hydrogen) atoms. The molecule has 1 amide bonds. The van der Waals surface area contributed by atoms with Crippen LogP contribution < -0.4 is 20.3 Å². The van der Waals surface area contributed by atoms with Crippen LogP contribution in [0.1, 0.15) is 13.0 Å². The molecule has 1 atom stereocenters. The summed E-state index contributed by atoms with van der Waals surface area (Å²) in [5, 5.41) is 2.76. The minimum atomic E-state index is -0.687. The van der Waals surface area contributed by atoms with E-state index in [1.165, 1.54) is 18.8 Å². The number of nitrogens with one attached hydrogen (secondary N) is 1. The minimum absolute atomic E-state index is 0.194. The highest BCUT2D eigenvalue weighted by molar-refractivity contribution is 5.94. The van der Waals surface area contributed by atoms with Crippen molar-refractivity contribution in [2.45, 2.75) is 13.0 Å². The highest BCUT2D eigenvalue weighted by Gasteiger charge is 2.18. The summed E-state index contributed by atoms with van der Waals surface area (Å²) in [6, 6.07) is 9.62. The number of aromatic nitrogens is 1. The molecule has 1 heterocycles. The topological polar surface area (TPSA) is 69.6 Å². The van der Waals surface area contributed by atoms with Crippen LogP contribution in [-0.2, 0) is 4.79 Å². The Morgan fingerprint density at radius 3 is 2.41 bits per heavy atom. The third-order valence-electron chi connectivity index (χ3n) is 3.32. The average molecular weight is 302 g/mol. The number of hydrogen-bond donors (Lipinski definition) is 1. The molecule has 0 saturated carbocycles. The molecule has 0 bridgehead atoms. The van der Waals surface area contributed by atoms with Gasteiger partial charge in [0.25, 0.3) is 5.56 Å². The van der Waals surface area contributed by atoms with Gasteiger partial charge < -0.3 is 19.4 Å². The molecule has 1 N–H and O–H groups in total. The molecular formula is C16H18N2O4. The predicted octanol–water partition coefficient (Wildman–Crippen LogP) is 2.07. The molecule has 0 radical (unpaired) electrons. The van der Waals surface area contributed by atoms with E-state index >= 15 is 0 Å². The minimum Gasteiger partial charge on any atom is -0.495 e. The molecule has 2 rings (SSSR count). The summed E-state index contributed by atoms with van der Waals surface area (Å²) < 4.78 is 11.5. The maximum Gasteiger partial charge on any atom is 0.293 e. The van der Waals surface area contributed by atoms with E-state index in [4.69, 9.17) is 9.47 Å². The van der Waals surface area contributed by atoms with Crippen molar-refractivity contribution in [1.82, 2.24) is 4.57 Å². The lowest BCUT2D eigenvalue weighted by atomic mass is 10.2. The first-order chi connectivity index (χ1) is 10.6. The Bertz CT molecular complexity index is 724. The molecule has 0 fully saturated rings. The van der Waals surface area contributed by atoms with Crippen molar-refractivity contribution < 1.29 is 14.3 Å². The van der Waals surface area contributed by atoms with Crippen LogP contribution in [0.3, 0.4) is 0 Å². The maximum atomic E-state index is 12.4. The zero-order valence-corrected chi connectivity index (χ0v) is 12.7. The number of pyridine rings is 1. The van der Waals surface area contributed by atoms with Crippen LogP contribution in [0.15, 0.2) is 47.4 Å². The summed E-state index contributed by atoms with van der Waals surface area (Å²) in [5.41, 5.74) is 0.200. The summed E-state index contributed by atoms with van der Waals surface area (Å²) in [6.07, 6.45) is 1.55. The van der Waals surface area contributed by atoms with Gasteiger partial charge in [0.1, 0.15) is 11.8 Å². The number of rotatable bonds is 5. The standard InChI is InChI=1S/C16H18N2O4/c1-11(18-10-6-9-14(22-3)16(18)20)15(19)17-12-7-4-5-8-13(12)21-2/h4-11H,1-3H3,(H,17,19). The first-order valence-corrected chi connectivity index (χ1v) is 6.77. The number of nitrogens with zero attached hydrogens (tertiary/aromatic N) is 1. The van der Waals surface area contributed by atoms with Crippen molar-refractivity contribution >= 4 is 11.6 Å².